The van der Waals surface area contributed by atoms with Gasteiger partial charge in [-0.25, -0.2) is 0 Å². The lowest BCUT2D eigenvalue weighted by Gasteiger charge is -2.09. The number of hydrogen-bond acceptors (Lipinski definition) is 3. The zero-order valence-corrected chi connectivity index (χ0v) is 9.71. The van der Waals surface area contributed by atoms with Crippen LogP contribution in [0.2, 0.25) is 0 Å². The van der Waals surface area contributed by atoms with Crippen LogP contribution in [0.5, 0.6) is 0 Å². The van der Waals surface area contributed by atoms with Gasteiger partial charge in [0, 0.05) is 13.0 Å². The van der Waals surface area contributed by atoms with E-state index in [0.29, 0.717) is 13.0 Å². The monoisotopic (exact) mass is 201 g/mol. The molecule has 0 rings (SSSR count). The van der Waals surface area contributed by atoms with Gasteiger partial charge < -0.3 is 9.64 Å². The van der Waals surface area contributed by atoms with Crippen LogP contribution in [-0.4, -0.2) is 38.1 Å². The minimum Gasteiger partial charge on any atom is -0.466 e. The van der Waals surface area contributed by atoms with Gasteiger partial charge in [-0.3, -0.25) is 4.79 Å². The van der Waals surface area contributed by atoms with Crippen LogP contribution in [0.4, 0.5) is 0 Å². The van der Waals surface area contributed by atoms with Crippen molar-refractivity contribution in [2.45, 2.75) is 39.0 Å². The first kappa shape index (κ1) is 13.4. The number of hydrogen-bond donors (Lipinski definition) is 0. The SMILES string of the molecule is CCCCCC(=O)OCCCN(C)C. The Balaban J connectivity index is 3.18. The Morgan fingerprint density at radius 2 is 1.93 bits per heavy atom. The summed E-state index contributed by atoms with van der Waals surface area (Å²) < 4.78 is 5.07. The van der Waals surface area contributed by atoms with E-state index in [2.05, 4.69) is 11.8 Å². The van der Waals surface area contributed by atoms with Gasteiger partial charge in [-0.05, 0) is 26.9 Å². The van der Waals surface area contributed by atoms with Crippen molar-refractivity contribution >= 4 is 5.97 Å². The zero-order valence-electron chi connectivity index (χ0n) is 9.71. The van der Waals surface area contributed by atoms with Crippen molar-refractivity contribution in [2.24, 2.45) is 0 Å². The average molecular weight is 201 g/mol. The van der Waals surface area contributed by atoms with Crippen LogP contribution in [-0.2, 0) is 9.53 Å². The summed E-state index contributed by atoms with van der Waals surface area (Å²) in [6, 6.07) is 0. The van der Waals surface area contributed by atoms with Gasteiger partial charge in [-0.1, -0.05) is 19.8 Å². The van der Waals surface area contributed by atoms with E-state index < -0.39 is 0 Å². The number of unbranched alkanes of at least 4 members (excludes halogenated alkanes) is 2. The molecule has 0 aromatic rings. The highest BCUT2D eigenvalue weighted by molar-refractivity contribution is 5.69. The molecule has 0 aliphatic heterocycles. The number of nitrogens with zero attached hydrogens (tertiary/aromatic N) is 1. The summed E-state index contributed by atoms with van der Waals surface area (Å²) in [6.07, 6.45) is 4.73. The van der Waals surface area contributed by atoms with Crippen molar-refractivity contribution in [3.05, 3.63) is 0 Å². The number of carbonyl (C=O) groups excluding carboxylic acids is 1. The van der Waals surface area contributed by atoms with Crippen LogP contribution in [0, 0.1) is 0 Å². The highest BCUT2D eigenvalue weighted by Crippen LogP contribution is 2.00. The zero-order chi connectivity index (χ0) is 10.8. The molecule has 0 aliphatic carbocycles. The van der Waals surface area contributed by atoms with Crippen molar-refractivity contribution in [1.82, 2.24) is 4.90 Å². The number of esters is 1. The summed E-state index contributed by atoms with van der Waals surface area (Å²) in [5, 5.41) is 0. The van der Waals surface area contributed by atoms with Gasteiger partial charge in [0.15, 0.2) is 0 Å². The van der Waals surface area contributed by atoms with E-state index in [4.69, 9.17) is 4.74 Å². The predicted octanol–water partition coefficient (Wildman–Crippen LogP) is 2.06. The van der Waals surface area contributed by atoms with E-state index in [-0.39, 0.29) is 5.97 Å². The molecule has 0 atom stereocenters. The molecule has 0 amide bonds. The van der Waals surface area contributed by atoms with Crippen LogP contribution >= 0.6 is 0 Å². The second kappa shape index (κ2) is 9.00. The van der Waals surface area contributed by atoms with Crippen molar-refractivity contribution < 1.29 is 9.53 Å². The molecule has 0 heterocycles. The molecular formula is C11H23NO2. The van der Waals surface area contributed by atoms with Gasteiger partial charge in [-0.15, -0.1) is 0 Å². The van der Waals surface area contributed by atoms with E-state index in [0.717, 1.165) is 32.2 Å². The normalized spacial score (nSPS) is 10.6. The lowest BCUT2D eigenvalue weighted by atomic mass is 10.2. The molecule has 0 aromatic carbocycles. The Morgan fingerprint density at radius 3 is 2.50 bits per heavy atom. The highest BCUT2D eigenvalue weighted by atomic mass is 16.5. The smallest absolute Gasteiger partial charge is 0.305 e. The molecule has 0 fully saturated rings. The van der Waals surface area contributed by atoms with Crippen molar-refractivity contribution in [3.8, 4) is 0 Å². The molecule has 3 nitrogen and oxygen atoms in total. The largest absolute Gasteiger partial charge is 0.466 e. The van der Waals surface area contributed by atoms with Gasteiger partial charge in [0.05, 0.1) is 6.61 Å². The average Bonchev–Trinajstić information content (AvgIpc) is 2.13. The predicted molar refractivity (Wildman–Crippen MR) is 58.3 cm³/mol. The minimum atomic E-state index is -0.0443. The molecule has 0 saturated carbocycles. The Hall–Kier alpha value is -0.570. The third kappa shape index (κ3) is 9.52. The molecule has 0 aliphatic rings. The summed E-state index contributed by atoms with van der Waals surface area (Å²) in [7, 11) is 4.03. The summed E-state index contributed by atoms with van der Waals surface area (Å²) in [5.74, 6) is -0.0443. The Morgan fingerprint density at radius 1 is 1.21 bits per heavy atom. The summed E-state index contributed by atoms with van der Waals surface area (Å²) in [6.45, 7) is 3.66. The third-order valence-corrected chi connectivity index (χ3v) is 2.00. The number of rotatable bonds is 8. The van der Waals surface area contributed by atoms with E-state index in [9.17, 15) is 4.79 Å². The molecule has 0 N–H and O–H groups in total. The Kier molecular flexibility index (Phi) is 8.64. The fourth-order valence-corrected chi connectivity index (χ4v) is 1.16. The van der Waals surface area contributed by atoms with Crippen LogP contribution in [0.1, 0.15) is 39.0 Å². The van der Waals surface area contributed by atoms with E-state index in [1.54, 1.807) is 0 Å². The van der Waals surface area contributed by atoms with E-state index in [1.165, 1.54) is 0 Å². The first-order chi connectivity index (χ1) is 6.66. The maximum atomic E-state index is 11.1. The van der Waals surface area contributed by atoms with E-state index >= 15 is 0 Å². The molecule has 3 heteroatoms. The first-order valence-corrected chi connectivity index (χ1v) is 5.47. The number of carbonyl (C=O) groups is 1. The molecule has 0 radical (unpaired) electrons. The minimum absolute atomic E-state index is 0.0443. The lowest BCUT2D eigenvalue weighted by molar-refractivity contribution is -0.143. The van der Waals surface area contributed by atoms with Crippen molar-refractivity contribution in [1.29, 1.82) is 0 Å². The fourth-order valence-electron chi connectivity index (χ4n) is 1.16. The Labute approximate surface area is 87.4 Å². The fraction of sp³-hybridized carbons (Fsp3) is 0.909. The molecule has 0 unspecified atom stereocenters. The summed E-state index contributed by atoms with van der Waals surface area (Å²) >= 11 is 0. The molecule has 84 valence electrons. The summed E-state index contributed by atoms with van der Waals surface area (Å²) in [5.41, 5.74) is 0. The number of ether oxygens (including phenoxy) is 1. The topological polar surface area (TPSA) is 29.5 Å². The van der Waals surface area contributed by atoms with E-state index in [1.807, 2.05) is 14.1 Å². The van der Waals surface area contributed by atoms with Crippen LogP contribution in [0.15, 0.2) is 0 Å². The molecular weight excluding hydrogens is 178 g/mol. The molecule has 14 heavy (non-hydrogen) atoms. The molecule has 0 bridgehead atoms. The highest BCUT2D eigenvalue weighted by Gasteiger charge is 2.01. The van der Waals surface area contributed by atoms with Gasteiger partial charge in [0.25, 0.3) is 0 Å². The van der Waals surface area contributed by atoms with Gasteiger partial charge in [-0.2, -0.15) is 0 Å². The third-order valence-electron chi connectivity index (χ3n) is 2.00. The first-order valence-electron chi connectivity index (χ1n) is 5.47. The van der Waals surface area contributed by atoms with Crippen LogP contribution in [0.25, 0.3) is 0 Å². The van der Waals surface area contributed by atoms with Crippen LogP contribution < -0.4 is 0 Å². The van der Waals surface area contributed by atoms with Crippen molar-refractivity contribution in [3.63, 3.8) is 0 Å². The van der Waals surface area contributed by atoms with Gasteiger partial charge >= 0.3 is 5.97 Å². The van der Waals surface area contributed by atoms with Gasteiger partial charge in [0.1, 0.15) is 0 Å². The molecule has 0 saturated heterocycles. The van der Waals surface area contributed by atoms with Crippen LogP contribution in [0.3, 0.4) is 0 Å². The van der Waals surface area contributed by atoms with Crippen molar-refractivity contribution in [2.75, 3.05) is 27.2 Å². The van der Waals surface area contributed by atoms with Gasteiger partial charge in [0.2, 0.25) is 0 Å². The second-order valence-electron chi connectivity index (χ2n) is 3.83. The maximum Gasteiger partial charge on any atom is 0.305 e. The standard InChI is InChI=1S/C11H23NO2/c1-4-5-6-8-11(13)14-10-7-9-12(2)3/h4-10H2,1-3H3. The molecule has 0 spiro atoms. The Bertz CT molecular complexity index is 146. The quantitative estimate of drug-likeness (QED) is 0.445. The maximum absolute atomic E-state index is 11.1. The summed E-state index contributed by atoms with van der Waals surface area (Å²) in [4.78, 5) is 13.2. The molecule has 0 aromatic heterocycles. The lowest BCUT2D eigenvalue weighted by Crippen LogP contribution is -2.16. The second-order valence-corrected chi connectivity index (χ2v) is 3.83.